The van der Waals surface area contributed by atoms with Crippen LogP contribution in [0.4, 0.5) is 5.69 Å². The first-order valence-corrected chi connectivity index (χ1v) is 24.0. The number of rotatable bonds is 21. The van der Waals surface area contributed by atoms with Crippen molar-refractivity contribution in [1.29, 1.82) is 0 Å². The minimum Gasteiger partial charge on any atom is -0.440 e. The summed E-state index contributed by atoms with van der Waals surface area (Å²) in [4.78, 5) is 20.8. The third kappa shape index (κ3) is 8.28. The number of aromatic amines is 2. The zero-order valence-electron chi connectivity index (χ0n) is 33.9. The fraction of sp³-hybridized carbons (Fsp3) is 0.413. The number of fused-ring (bicyclic) bond motifs is 2. The lowest BCUT2D eigenvalue weighted by atomic mass is 9.75. The monoisotopic (exact) mass is 824 g/mol. The summed E-state index contributed by atoms with van der Waals surface area (Å²) in [6.07, 6.45) is 20.3. The predicted molar refractivity (Wildman–Crippen MR) is 234 cm³/mol. The number of cyclic esters (lactones) is 1. The third-order valence-corrected chi connectivity index (χ3v) is 14.9. The van der Waals surface area contributed by atoms with Crippen LogP contribution in [-0.4, -0.2) is 56.9 Å². The van der Waals surface area contributed by atoms with E-state index in [-0.39, 0.29) is 10.6 Å². The summed E-state index contributed by atoms with van der Waals surface area (Å²) in [5, 5.41) is 2.96. The van der Waals surface area contributed by atoms with Crippen LogP contribution in [0.1, 0.15) is 124 Å². The molecule has 0 saturated carbocycles. The molecule has 0 amide bonds. The van der Waals surface area contributed by atoms with Crippen molar-refractivity contribution in [3.8, 4) is 0 Å². The molecule has 3 N–H and O–H groups in total. The maximum Gasteiger partial charge on any atom is 0.340 e. The fourth-order valence-electron chi connectivity index (χ4n) is 8.60. The van der Waals surface area contributed by atoms with Crippen molar-refractivity contribution in [3.63, 3.8) is 0 Å². The Bertz CT molecular complexity index is 2620. The van der Waals surface area contributed by atoms with Crippen molar-refractivity contribution in [3.05, 3.63) is 107 Å². The van der Waals surface area contributed by atoms with Crippen LogP contribution in [-0.2, 0) is 30.4 Å². The molecule has 0 saturated heterocycles. The zero-order chi connectivity index (χ0) is 40.9. The molecule has 6 aromatic rings. The molecule has 0 spiro atoms. The number of anilines is 1. The Labute approximate surface area is 342 Å². The van der Waals surface area contributed by atoms with Gasteiger partial charge in [0, 0.05) is 64.9 Å². The van der Waals surface area contributed by atoms with Gasteiger partial charge in [-0.3, -0.25) is 4.72 Å². The minimum absolute atomic E-state index is 0.0240. The minimum atomic E-state index is -3.72. The molecule has 2 aromatic heterocycles. The van der Waals surface area contributed by atoms with Crippen molar-refractivity contribution >= 4 is 64.3 Å². The Morgan fingerprint density at radius 3 is 1.95 bits per heavy atom. The summed E-state index contributed by atoms with van der Waals surface area (Å²) in [7, 11) is -4.41. The molecular formula is C46H56N4O6S2. The second-order valence-electron chi connectivity index (χ2n) is 15.9. The number of carbonyl (C=O) groups excluding carboxylic acids is 1. The number of nitrogens with zero attached hydrogens (tertiary/aromatic N) is 1. The number of unbranched alkanes of at least 4 members (excludes halogenated alkanes) is 13. The van der Waals surface area contributed by atoms with Crippen LogP contribution in [0.25, 0.3) is 32.6 Å². The number of ether oxygens (including phenoxy) is 1. The Morgan fingerprint density at radius 1 is 0.672 bits per heavy atom. The summed E-state index contributed by atoms with van der Waals surface area (Å²) in [5.41, 5.74) is 2.40. The number of benzene rings is 4. The number of aromatic nitrogens is 2. The molecule has 1 aliphatic rings. The summed E-state index contributed by atoms with van der Waals surface area (Å²) in [6.45, 7) is 2.25. The van der Waals surface area contributed by atoms with Gasteiger partial charge in [-0.25, -0.2) is 25.9 Å². The Morgan fingerprint density at radius 2 is 1.28 bits per heavy atom. The third-order valence-electron chi connectivity index (χ3n) is 11.7. The van der Waals surface area contributed by atoms with E-state index >= 15 is 0 Å². The number of H-pyrrole nitrogens is 2. The lowest BCUT2D eigenvalue weighted by Crippen LogP contribution is -2.38. The van der Waals surface area contributed by atoms with Crippen LogP contribution < -0.4 is 4.72 Å². The van der Waals surface area contributed by atoms with Crippen LogP contribution in [0.15, 0.2) is 90.1 Å². The molecule has 1 unspecified atom stereocenters. The van der Waals surface area contributed by atoms with Gasteiger partial charge in [-0.05, 0) is 36.1 Å². The Kier molecular flexibility index (Phi) is 12.7. The number of para-hydroxylation sites is 1. The smallest absolute Gasteiger partial charge is 0.340 e. The van der Waals surface area contributed by atoms with Crippen molar-refractivity contribution in [1.82, 2.24) is 14.3 Å². The van der Waals surface area contributed by atoms with Gasteiger partial charge in [-0.2, -0.15) is 0 Å². The van der Waals surface area contributed by atoms with E-state index in [0.29, 0.717) is 50.6 Å². The first-order chi connectivity index (χ1) is 28.0. The van der Waals surface area contributed by atoms with Crippen LogP contribution >= 0.6 is 0 Å². The number of nitrogens with one attached hydrogen (secondary N) is 3. The maximum absolute atomic E-state index is 14.1. The van der Waals surface area contributed by atoms with Gasteiger partial charge < -0.3 is 14.7 Å². The summed E-state index contributed by atoms with van der Waals surface area (Å²) in [5.74, 6) is -0.485. The van der Waals surface area contributed by atoms with E-state index in [1.165, 1.54) is 78.3 Å². The Hall–Kier alpha value is -4.65. The molecule has 1 atom stereocenters. The van der Waals surface area contributed by atoms with Crippen LogP contribution in [0, 0.1) is 0 Å². The predicted octanol–water partition coefficient (Wildman–Crippen LogP) is 10.7. The van der Waals surface area contributed by atoms with Crippen molar-refractivity contribution in [2.45, 2.75) is 107 Å². The number of esters is 1. The van der Waals surface area contributed by atoms with E-state index in [2.05, 4.69) is 21.6 Å². The maximum atomic E-state index is 14.1. The average Bonchev–Trinajstić information content (AvgIpc) is 3.85. The highest BCUT2D eigenvalue weighted by atomic mass is 32.2. The lowest BCUT2D eigenvalue weighted by molar-refractivity contribution is 0.0135. The Balaban J connectivity index is 1.13. The topological polar surface area (TPSA) is 141 Å². The van der Waals surface area contributed by atoms with Crippen LogP contribution in [0.3, 0.4) is 0 Å². The standard InChI is InChI=1S/C46H56N4O6S2/c1-4-5-6-7-8-9-10-11-12-13-14-15-16-17-29-57(52,53)49-41-26-20-23-36-40(32-48-44(36)41)46(38-25-19-22-33-21-18-24-37(43(33)38)45(51)56-46)39-31-47-42-30-34(27-28-35(39)42)58(54,55)50(2)3/h18-28,30-32,47-49H,4-17,29H2,1-3H3. The van der Waals surface area contributed by atoms with Crippen LogP contribution in [0.5, 0.6) is 0 Å². The molecule has 0 bridgehead atoms. The molecule has 308 valence electrons. The van der Waals surface area contributed by atoms with Gasteiger partial charge in [0.2, 0.25) is 20.0 Å². The van der Waals surface area contributed by atoms with Crippen molar-refractivity contribution < 1.29 is 26.4 Å². The van der Waals surface area contributed by atoms with E-state index in [0.717, 1.165) is 39.9 Å². The molecule has 10 nitrogen and oxygen atoms in total. The number of hydrogen-bond acceptors (Lipinski definition) is 6. The molecule has 58 heavy (non-hydrogen) atoms. The summed E-state index contributed by atoms with van der Waals surface area (Å²) in [6, 6.07) is 21.7. The molecule has 1 aliphatic heterocycles. The fourth-order valence-corrected chi connectivity index (χ4v) is 10.7. The van der Waals surface area contributed by atoms with Gasteiger partial charge in [0.05, 0.1) is 27.4 Å². The first kappa shape index (κ1) is 41.5. The van der Waals surface area contributed by atoms with Gasteiger partial charge in [0.25, 0.3) is 0 Å². The quantitative estimate of drug-likeness (QED) is 0.0487. The SMILES string of the molecule is CCCCCCCCCCCCCCCCS(=O)(=O)Nc1cccc2c(C3(c4c[nH]c5cc(S(=O)(=O)N(C)C)ccc45)OC(=O)c4cccc5cccc3c45)c[nH]c12. The van der Waals surface area contributed by atoms with Gasteiger partial charge in [0.15, 0.2) is 5.60 Å². The highest BCUT2D eigenvalue weighted by Gasteiger charge is 2.48. The van der Waals surface area contributed by atoms with Crippen LogP contribution in [0.2, 0.25) is 0 Å². The molecule has 0 aliphatic carbocycles. The highest BCUT2D eigenvalue weighted by Crippen LogP contribution is 2.52. The van der Waals surface area contributed by atoms with E-state index in [1.54, 1.807) is 48.8 Å². The highest BCUT2D eigenvalue weighted by molar-refractivity contribution is 7.92. The lowest BCUT2D eigenvalue weighted by Gasteiger charge is -2.38. The van der Waals surface area contributed by atoms with Gasteiger partial charge in [-0.15, -0.1) is 0 Å². The second-order valence-corrected chi connectivity index (χ2v) is 19.9. The molecule has 4 aromatic carbocycles. The summed E-state index contributed by atoms with van der Waals surface area (Å²) < 4.78 is 63.8. The average molecular weight is 825 g/mol. The van der Waals surface area contributed by atoms with Gasteiger partial charge in [-0.1, -0.05) is 139 Å². The van der Waals surface area contributed by atoms with E-state index in [9.17, 15) is 21.6 Å². The zero-order valence-corrected chi connectivity index (χ0v) is 35.5. The molecule has 12 heteroatoms. The second kappa shape index (κ2) is 17.7. The molecule has 7 rings (SSSR count). The summed E-state index contributed by atoms with van der Waals surface area (Å²) >= 11 is 0. The largest absolute Gasteiger partial charge is 0.440 e. The van der Waals surface area contributed by atoms with Crippen molar-refractivity contribution in [2.24, 2.45) is 0 Å². The molecule has 0 radical (unpaired) electrons. The normalized spacial score (nSPS) is 15.8. The number of sulfonamides is 2. The van der Waals surface area contributed by atoms with Crippen molar-refractivity contribution in [2.75, 3.05) is 24.6 Å². The molecule has 0 fully saturated rings. The van der Waals surface area contributed by atoms with Gasteiger partial charge in [0.1, 0.15) is 0 Å². The van der Waals surface area contributed by atoms with Gasteiger partial charge >= 0.3 is 5.97 Å². The molecular weight excluding hydrogens is 769 g/mol. The number of hydrogen-bond donors (Lipinski definition) is 3. The number of carbonyl (C=O) groups is 1. The van der Waals surface area contributed by atoms with E-state index in [4.69, 9.17) is 4.74 Å². The first-order valence-electron chi connectivity index (χ1n) is 20.9. The molecule has 3 heterocycles. The van der Waals surface area contributed by atoms with E-state index < -0.39 is 31.6 Å². The van der Waals surface area contributed by atoms with E-state index in [1.807, 2.05) is 36.4 Å².